The van der Waals surface area contributed by atoms with E-state index in [4.69, 9.17) is 16.3 Å². The number of hydrogen-bond acceptors (Lipinski definition) is 2. The summed E-state index contributed by atoms with van der Waals surface area (Å²) in [6.45, 7) is 3.71. The van der Waals surface area contributed by atoms with Gasteiger partial charge in [0, 0.05) is 0 Å². The van der Waals surface area contributed by atoms with Gasteiger partial charge < -0.3 is 4.74 Å². The molecule has 2 nitrogen and oxygen atoms in total. The lowest BCUT2D eigenvalue weighted by Gasteiger charge is -2.10. The van der Waals surface area contributed by atoms with Gasteiger partial charge in [-0.1, -0.05) is 19.1 Å². The summed E-state index contributed by atoms with van der Waals surface area (Å²) in [5.41, 5.74) is 1.24. The largest absolute Gasteiger partial charge is 0.482 e. The lowest BCUT2D eigenvalue weighted by atomic mass is 10.2. The van der Waals surface area contributed by atoms with Crippen LogP contribution in [0, 0.1) is 0 Å². The van der Waals surface area contributed by atoms with E-state index < -0.39 is 11.3 Å². The van der Waals surface area contributed by atoms with Crippen LogP contribution in [0.5, 0.6) is 5.75 Å². The van der Waals surface area contributed by atoms with Gasteiger partial charge in [0.25, 0.3) is 5.24 Å². The van der Waals surface area contributed by atoms with Crippen molar-refractivity contribution < 1.29 is 9.53 Å². The summed E-state index contributed by atoms with van der Waals surface area (Å²) in [5, 5.41) is -0.482. The molecule has 76 valence electrons. The Morgan fingerprint density at radius 2 is 2.00 bits per heavy atom. The molecule has 0 saturated carbocycles. The van der Waals surface area contributed by atoms with Crippen molar-refractivity contribution in [3.63, 3.8) is 0 Å². The van der Waals surface area contributed by atoms with E-state index in [0.717, 1.165) is 6.42 Å². The Hall–Kier alpha value is -1.02. The fourth-order valence-electron chi connectivity index (χ4n) is 1.05. The minimum Gasteiger partial charge on any atom is -0.482 e. The second-order valence-electron chi connectivity index (χ2n) is 3.06. The number of aryl methyl sites for hydroxylation is 1. The van der Waals surface area contributed by atoms with Crippen LogP contribution in [-0.4, -0.2) is 11.3 Å². The number of hydrogen-bond donors (Lipinski definition) is 0. The Bertz CT molecular complexity index is 306. The van der Waals surface area contributed by atoms with E-state index in [0.29, 0.717) is 5.75 Å². The standard InChI is InChI=1S/C11H13ClO2/c1-3-9-4-6-10(7-5-9)14-8(2)11(12)13/h4-8H,3H2,1-2H3. The molecule has 1 unspecified atom stereocenters. The van der Waals surface area contributed by atoms with Crippen molar-refractivity contribution in [2.75, 3.05) is 0 Å². The maximum atomic E-state index is 10.7. The minimum absolute atomic E-state index is 0.482. The molecule has 0 saturated heterocycles. The van der Waals surface area contributed by atoms with Gasteiger partial charge in [-0.15, -0.1) is 0 Å². The summed E-state index contributed by atoms with van der Waals surface area (Å²) in [4.78, 5) is 10.7. The van der Waals surface area contributed by atoms with Crippen LogP contribution in [0.1, 0.15) is 19.4 Å². The van der Waals surface area contributed by atoms with Gasteiger partial charge in [-0.05, 0) is 42.6 Å². The molecule has 0 amide bonds. The van der Waals surface area contributed by atoms with Crippen molar-refractivity contribution in [2.24, 2.45) is 0 Å². The zero-order valence-corrected chi connectivity index (χ0v) is 9.04. The molecule has 1 rings (SSSR count). The molecule has 0 radical (unpaired) electrons. The zero-order valence-electron chi connectivity index (χ0n) is 8.29. The number of carbonyl (C=O) groups excluding carboxylic acids is 1. The summed E-state index contributed by atoms with van der Waals surface area (Å²) in [6, 6.07) is 7.63. The molecule has 0 aliphatic carbocycles. The lowest BCUT2D eigenvalue weighted by molar-refractivity contribution is -0.117. The normalized spacial score (nSPS) is 12.2. The number of halogens is 1. The molecule has 3 heteroatoms. The molecule has 0 spiro atoms. The topological polar surface area (TPSA) is 26.3 Å². The third kappa shape index (κ3) is 3.04. The predicted octanol–water partition coefficient (Wildman–Crippen LogP) is 2.78. The number of benzene rings is 1. The summed E-state index contributed by atoms with van der Waals surface area (Å²) in [5.74, 6) is 0.670. The molecular formula is C11H13ClO2. The van der Waals surface area contributed by atoms with Gasteiger partial charge in [-0.2, -0.15) is 0 Å². The predicted molar refractivity (Wildman–Crippen MR) is 56.8 cm³/mol. The van der Waals surface area contributed by atoms with Crippen LogP contribution >= 0.6 is 11.6 Å². The first-order valence-electron chi connectivity index (χ1n) is 4.58. The fourth-order valence-corrected chi connectivity index (χ4v) is 1.10. The van der Waals surface area contributed by atoms with Gasteiger partial charge in [-0.3, -0.25) is 4.79 Å². The van der Waals surface area contributed by atoms with E-state index in [1.807, 2.05) is 24.3 Å². The molecule has 1 aromatic rings. The summed E-state index contributed by atoms with van der Waals surface area (Å²) in [6.07, 6.45) is 0.397. The average Bonchev–Trinajstić information content (AvgIpc) is 2.19. The van der Waals surface area contributed by atoms with E-state index in [2.05, 4.69) is 6.92 Å². The number of rotatable bonds is 4. The Morgan fingerprint density at radius 1 is 1.43 bits per heavy atom. The maximum Gasteiger partial charge on any atom is 0.262 e. The van der Waals surface area contributed by atoms with Gasteiger partial charge in [0.1, 0.15) is 5.75 Å². The first kappa shape index (κ1) is 11.1. The van der Waals surface area contributed by atoms with Gasteiger partial charge in [0.05, 0.1) is 0 Å². The van der Waals surface area contributed by atoms with Crippen molar-refractivity contribution in [1.82, 2.24) is 0 Å². The minimum atomic E-state index is -0.593. The molecule has 0 heterocycles. The third-order valence-electron chi connectivity index (χ3n) is 1.96. The van der Waals surface area contributed by atoms with Crippen molar-refractivity contribution in [3.05, 3.63) is 29.8 Å². The highest BCUT2D eigenvalue weighted by molar-refractivity contribution is 6.64. The Balaban J connectivity index is 2.64. The molecule has 14 heavy (non-hydrogen) atoms. The van der Waals surface area contributed by atoms with Gasteiger partial charge in [0.2, 0.25) is 0 Å². The van der Waals surface area contributed by atoms with Crippen LogP contribution in [0.3, 0.4) is 0 Å². The van der Waals surface area contributed by atoms with Crippen LogP contribution in [0.25, 0.3) is 0 Å². The Labute approximate surface area is 88.8 Å². The monoisotopic (exact) mass is 212 g/mol. The molecule has 0 aliphatic heterocycles. The zero-order chi connectivity index (χ0) is 10.6. The third-order valence-corrected chi connectivity index (χ3v) is 2.27. The molecule has 0 fully saturated rings. The number of carbonyl (C=O) groups is 1. The van der Waals surface area contributed by atoms with Crippen molar-refractivity contribution in [1.29, 1.82) is 0 Å². The highest BCUT2D eigenvalue weighted by Gasteiger charge is 2.10. The SMILES string of the molecule is CCc1ccc(OC(C)C(=O)Cl)cc1. The molecular weight excluding hydrogens is 200 g/mol. The van der Waals surface area contributed by atoms with Crippen molar-refractivity contribution in [2.45, 2.75) is 26.4 Å². The van der Waals surface area contributed by atoms with Crippen LogP contribution in [0.4, 0.5) is 0 Å². The molecule has 0 aliphatic rings. The van der Waals surface area contributed by atoms with Crippen LogP contribution in [0.15, 0.2) is 24.3 Å². The Morgan fingerprint density at radius 3 is 2.43 bits per heavy atom. The lowest BCUT2D eigenvalue weighted by Crippen LogP contribution is -2.18. The van der Waals surface area contributed by atoms with Crippen LogP contribution in [-0.2, 0) is 11.2 Å². The molecule has 1 aromatic carbocycles. The van der Waals surface area contributed by atoms with E-state index in [1.54, 1.807) is 6.92 Å². The summed E-state index contributed by atoms with van der Waals surface area (Å²) >= 11 is 5.27. The van der Waals surface area contributed by atoms with E-state index >= 15 is 0 Å². The fraction of sp³-hybridized carbons (Fsp3) is 0.364. The number of ether oxygens (including phenoxy) is 1. The van der Waals surface area contributed by atoms with Gasteiger partial charge in [0.15, 0.2) is 6.10 Å². The Kier molecular flexibility index (Phi) is 3.96. The maximum absolute atomic E-state index is 10.7. The van der Waals surface area contributed by atoms with Crippen molar-refractivity contribution >= 4 is 16.8 Å². The first-order chi connectivity index (χ1) is 6.63. The van der Waals surface area contributed by atoms with E-state index in [9.17, 15) is 4.79 Å². The highest BCUT2D eigenvalue weighted by atomic mass is 35.5. The summed E-state index contributed by atoms with van der Waals surface area (Å²) in [7, 11) is 0. The second-order valence-corrected chi connectivity index (χ2v) is 3.43. The van der Waals surface area contributed by atoms with Crippen molar-refractivity contribution in [3.8, 4) is 5.75 Å². The smallest absolute Gasteiger partial charge is 0.262 e. The first-order valence-corrected chi connectivity index (χ1v) is 4.96. The van der Waals surface area contributed by atoms with Gasteiger partial charge >= 0.3 is 0 Å². The highest BCUT2D eigenvalue weighted by Crippen LogP contribution is 2.14. The molecule has 1 atom stereocenters. The quantitative estimate of drug-likeness (QED) is 0.718. The van der Waals surface area contributed by atoms with Gasteiger partial charge in [-0.25, -0.2) is 0 Å². The summed E-state index contributed by atoms with van der Waals surface area (Å²) < 4.78 is 5.29. The van der Waals surface area contributed by atoms with Crippen LogP contribution < -0.4 is 4.74 Å². The molecule has 0 bridgehead atoms. The van der Waals surface area contributed by atoms with E-state index in [-0.39, 0.29) is 0 Å². The second kappa shape index (κ2) is 5.01. The molecule has 0 aromatic heterocycles. The van der Waals surface area contributed by atoms with E-state index in [1.165, 1.54) is 5.56 Å². The average molecular weight is 213 g/mol. The molecule has 0 N–H and O–H groups in total. The van der Waals surface area contributed by atoms with Crippen LogP contribution in [0.2, 0.25) is 0 Å².